The van der Waals surface area contributed by atoms with E-state index in [0.717, 1.165) is 12.8 Å². The van der Waals surface area contributed by atoms with E-state index in [0.29, 0.717) is 24.3 Å². The van der Waals surface area contributed by atoms with E-state index in [4.69, 9.17) is 0 Å². The van der Waals surface area contributed by atoms with Crippen molar-refractivity contribution in [1.29, 1.82) is 0 Å². The lowest BCUT2D eigenvalue weighted by Crippen LogP contribution is -2.44. The Kier molecular flexibility index (Phi) is 4.16. The Hall–Kier alpha value is -1.88. The molecule has 1 unspecified atom stereocenters. The van der Waals surface area contributed by atoms with Crippen molar-refractivity contribution >= 4 is 17.5 Å². The first-order valence-electron chi connectivity index (χ1n) is 6.41. The van der Waals surface area contributed by atoms with Crippen molar-refractivity contribution in [2.45, 2.75) is 25.9 Å². The number of rotatable bonds is 2. The van der Waals surface area contributed by atoms with E-state index in [9.17, 15) is 14.7 Å². The number of likely N-dealkylation sites (tertiary alicyclic amines) is 1. The summed E-state index contributed by atoms with van der Waals surface area (Å²) in [5.41, 5.74) is 1.27. The second-order valence-corrected chi connectivity index (χ2v) is 4.81. The number of nitrogens with zero attached hydrogens (tertiary/aromatic N) is 1. The van der Waals surface area contributed by atoms with Crippen LogP contribution < -0.4 is 5.32 Å². The van der Waals surface area contributed by atoms with Crippen molar-refractivity contribution in [2.75, 3.05) is 18.4 Å². The van der Waals surface area contributed by atoms with Gasteiger partial charge in [0.15, 0.2) is 5.78 Å². The van der Waals surface area contributed by atoms with Crippen molar-refractivity contribution in [3.05, 3.63) is 29.8 Å². The fourth-order valence-corrected chi connectivity index (χ4v) is 2.13. The average molecular weight is 262 g/mol. The molecule has 2 amide bonds. The number of amides is 2. The number of benzene rings is 1. The van der Waals surface area contributed by atoms with Gasteiger partial charge in [-0.3, -0.25) is 4.79 Å². The van der Waals surface area contributed by atoms with Gasteiger partial charge >= 0.3 is 6.03 Å². The Labute approximate surface area is 112 Å². The second kappa shape index (κ2) is 5.84. The maximum atomic E-state index is 12.0. The number of aliphatic hydroxyl groups is 1. The Morgan fingerprint density at radius 2 is 2.00 bits per heavy atom. The third kappa shape index (κ3) is 3.54. The van der Waals surface area contributed by atoms with E-state index in [1.165, 1.54) is 6.92 Å². The van der Waals surface area contributed by atoms with Gasteiger partial charge in [-0.1, -0.05) is 0 Å². The molecule has 0 aliphatic carbocycles. The smallest absolute Gasteiger partial charge is 0.321 e. The Bertz CT molecular complexity index is 470. The summed E-state index contributed by atoms with van der Waals surface area (Å²) in [5, 5.41) is 12.3. The number of aliphatic hydroxyl groups excluding tert-OH is 1. The molecule has 19 heavy (non-hydrogen) atoms. The van der Waals surface area contributed by atoms with Crippen LogP contribution in [0, 0.1) is 0 Å². The summed E-state index contributed by atoms with van der Waals surface area (Å²) >= 11 is 0. The second-order valence-electron chi connectivity index (χ2n) is 4.81. The molecule has 1 aliphatic rings. The van der Waals surface area contributed by atoms with Gasteiger partial charge in [-0.2, -0.15) is 0 Å². The maximum absolute atomic E-state index is 12.0. The summed E-state index contributed by atoms with van der Waals surface area (Å²) in [4.78, 5) is 24.7. The van der Waals surface area contributed by atoms with Gasteiger partial charge in [0.2, 0.25) is 0 Å². The van der Waals surface area contributed by atoms with Gasteiger partial charge in [0.25, 0.3) is 0 Å². The zero-order chi connectivity index (χ0) is 13.8. The molecule has 1 fully saturated rings. The number of urea groups is 1. The molecule has 0 aromatic heterocycles. The van der Waals surface area contributed by atoms with Gasteiger partial charge in [0.05, 0.1) is 6.10 Å². The quantitative estimate of drug-likeness (QED) is 0.799. The minimum atomic E-state index is -0.431. The lowest BCUT2D eigenvalue weighted by molar-refractivity contribution is 0.0883. The molecular formula is C14H18N2O3. The summed E-state index contributed by atoms with van der Waals surface area (Å²) in [5.74, 6) is -0.00275. The van der Waals surface area contributed by atoms with E-state index in [-0.39, 0.29) is 11.8 Å². The molecule has 5 nitrogen and oxygen atoms in total. The predicted molar refractivity (Wildman–Crippen MR) is 72.3 cm³/mol. The number of anilines is 1. The number of carbonyl (C=O) groups excluding carboxylic acids is 2. The molecule has 1 saturated heterocycles. The van der Waals surface area contributed by atoms with Crippen LogP contribution in [0.4, 0.5) is 10.5 Å². The van der Waals surface area contributed by atoms with Crippen LogP contribution in [0.15, 0.2) is 24.3 Å². The number of nitrogens with one attached hydrogen (secondary N) is 1. The van der Waals surface area contributed by atoms with E-state index >= 15 is 0 Å². The van der Waals surface area contributed by atoms with Crippen LogP contribution in [0.5, 0.6) is 0 Å². The number of hydrogen-bond acceptors (Lipinski definition) is 3. The van der Waals surface area contributed by atoms with E-state index in [1.807, 2.05) is 0 Å². The molecule has 102 valence electrons. The van der Waals surface area contributed by atoms with Crippen LogP contribution in [0.1, 0.15) is 30.1 Å². The number of hydrogen-bond donors (Lipinski definition) is 2. The Balaban J connectivity index is 1.96. The number of β-amino-alcohol motifs (C(OH)–C–C–N with tert-alkyl or cyclic N) is 1. The first kappa shape index (κ1) is 13.5. The number of ketones is 1. The number of carbonyl (C=O) groups is 2. The van der Waals surface area contributed by atoms with Gasteiger partial charge in [0.1, 0.15) is 0 Å². The molecule has 5 heteroatoms. The summed E-state index contributed by atoms with van der Waals surface area (Å²) in [7, 11) is 0. The molecule has 1 aromatic carbocycles. The molecule has 1 heterocycles. The molecule has 0 bridgehead atoms. The minimum Gasteiger partial charge on any atom is -0.391 e. The molecule has 0 spiro atoms. The van der Waals surface area contributed by atoms with Gasteiger partial charge in [0, 0.05) is 24.3 Å². The predicted octanol–water partition coefficient (Wildman–Crippen LogP) is 1.88. The zero-order valence-electron chi connectivity index (χ0n) is 10.9. The van der Waals surface area contributed by atoms with Gasteiger partial charge in [-0.25, -0.2) is 4.79 Å². The lowest BCUT2D eigenvalue weighted by atomic mass is 10.1. The molecule has 0 saturated carbocycles. The topological polar surface area (TPSA) is 69.6 Å². The number of Topliss-reactive ketones (excluding diaryl/α,β-unsaturated/α-hetero) is 1. The summed E-state index contributed by atoms with van der Waals surface area (Å²) in [6.07, 6.45) is 1.13. The molecular weight excluding hydrogens is 244 g/mol. The Morgan fingerprint density at radius 1 is 1.32 bits per heavy atom. The van der Waals surface area contributed by atoms with Crippen LogP contribution in [0.3, 0.4) is 0 Å². The minimum absolute atomic E-state index is 0.00275. The van der Waals surface area contributed by atoms with Crippen LogP contribution in [0.25, 0.3) is 0 Å². The van der Waals surface area contributed by atoms with E-state index in [2.05, 4.69) is 5.32 Å². The molecule has 2 N–H and O–H groups in total. The normalized spacial score (nSPS) is 19.1. The fraction of sp³-hybridized carbons (Fsp3) is 0.429. The van der Waals surface area contributed by atoms with Crippen molar-refractivity contribution in [2.24, 2.45) is 0 Å². The first-order valence-corrected chi connectivity index (χ1v) is 6.41. The van der Waals surface area contributed by atoms with Crippen molar-refractivity contribution in [3.8, 4) is 0 Å². The highest BCUT2D eigenvalue weighted by molar-refractivity contribution is 5.95. The van der Waals surface area contributed by atoms with E-state index in [1.54, 1.807) is 29.2 Å². The highest BCUT2D eigenvalue weighted by atomic mass is 16.3. The highest BCUT2D eigenvalue weighted by Gasteiger charge is 2.21. The lowest BCUT2D eigenvalue weighted by Gasteiger charge is -2.30. The number of piperidine rings is 1. The van der Waals surface area contributed by atoms with Crippen molar-refractivity contribution in [3.63, 3.8) is 0 Å². The van der Waals surface area contributed by atoms with Crippen LogP contribution >= 0.6 is 0 Å². The summed E-state index contributed by atoms with van der Waals surface area (Å²) < 4.78 is 0. The third-order valence-electron chi connectivity index (χ3n) is 3.23. The van der Waals surface area contributed by atoms with Crippen LogP contribution in [-0.2, 0) is 0 Å². The SMILES string of the molecule is CC(=O)c1ccc(NC(=O)N2CCCC(O)C2)cc1. The van der Waals surface area contributed by atoms with Crippen molar-refractivity contribution < 1.29 is 14.7 Å². The molecule has 2 rings (SSSR count). The van der Waals surface area contributed by atoms with Gasteiger partial charge < -0.3 is 15.3 Å². The molecule has 1 aromatic rings. The zero-order valence-corrected chi connectivity index (χ0v) is 10.9. The monoisotopic (exact) mass is 262 g/mol. The van der Waals surface area contributed by atoms with Crippen LogP contribution in [0.2, 0.25) is 0 Å². The third-order valence-corrected chi connectivity index (χ3v) is 3.23. The molecule has 1 atom stereocenters. The summed E-state index contributed by atoms with van der Waals surface area (Å²) in [6, 6.07) is 6.56. The molecule has 1 aliphatic heterocycles. The fourth-order valence-electron chi connectivity index (χ4n) is 2.13. The average Bonchev–Trinajstić information content (AvgIpc) is 2.39. The largest absolute Gasteiger partial charge is 0.391 e. The first-order chi connectivity index (χ1) is 9.06. The van der Waals surface area contributed by atoms with E-state index < -0.39 is 6.10 Å². The standard InChI is InChI=1S/C14H18N2O3/c1-10(17)11-4-6-12(7-5-11)15-14(19)16-8-2-3-13(18)9-16/h4-7,13,18H,2-3,8-9H2,1H3,(H,15,19). The van der Waals surface area contributed by atoms with Crippen LogP contribution in [-0.4, -0.2) is 41.0 Å². The molecule has 0 radical (unpaired) electrons. The highest BCUT2D eigenvalue weighted by Crippen LogP contribution is 2.14. The van der Waals surface area contributed by atoms with Gasteiger partial charge in [-0.15, -0.1) is 0 Å². The van der Waals surface area contributed by atoms with Gasteiger partial charge in [-0.05, 0) is 44.0 Å². The van der Waals surface area contributed by atoms with Crippen molar-refractivity contribution in [1.82, 2.24) is 4.90 Å². The Morgan fingerprint density at radius 3 is 2.58 bits per heavy atom. The maximum Gasteiger partial charge on any atom is 0.321 e. The summed E-state index contributed by atoms with van der Waals surface area (Å²) in [6.45, 7) is 2.54.